The number of nitrogens with zero attached hydrogens (tertiary/aromatic N) is 3. The minimum atomic E-state index is -0.202. The van der Waals surface area contributed by atoms with Crippen LogP contribution in [0.2, 0.25) is 0 Å². The van der Waals surface area contributed by atoms with Gasteiger partial charge in [0.05, 0.1) is 28.0 Å². The molecule has 0 saturated heterocycles. The van der Waals surface area contributed by atoms with Crippen LogP contribution in [0.1, 0.15) is 31.8 Å². The number of ketones is 2. The van der Waals surface area contributed by atoms with Crippen molar-refractivity contribution in [3.63, 3.8) is 0 Å². The van der Waals surface area contributed by atoms with Crippen molar-refractivity contribution in [3.05, 3.63) is 113 Å². The Bertz CT molecular complexity index is 1840. The van der Waals surface area contributed by atoms with Gasteiger partial charge in [-0.15, -0.1) is 0 Å². The summed E-state index contributed by atoms with van der Waals surface area (Å²) in [6.45, 7) is 0. The van der Waals surface area contributed by atoms with E-state index in [1.807, 2.05) is 60.7 Å². The molecule has 0 fully saturated rings. The molecule has 6 aromatic rings. The molecule has 0 radical (unpaired) electrons. The maximum atomic E-state index is 13.4. The fourth-order valence-electron chi connectivity index (χ4n) is 4.81. The first-order chi connectivity index (χ1) is 17.2. The number of aromatic amines is 1. The van der Waals surface area contributed by atoms with Crippen molar-refractivity contribution in [2.24, 2.45) is 0 Å². The highest BCUT2D eigenvalue weighted by atomic mass is 16.1. The Morgan fingerprint density at radius 3 is 1.94 bits per heavy atom. The normalized spacial score (nSPS) is 12.7. The number of nitrogens with one attached hydrogen (secondary N) is 1. The van der Waals surface area contributed by atoms with Gasteiger partial charge >= 0.3 is 0 Å². The average molecular weight is 452 g/mol. The van der Waals surface area contributed by atoms with Crippen molar-refractivity contribution in [2.75, 3.05) is 0 Å². The topological polar surface area (TPSA) is 88.6 Å². The standard InChI is InChI=1S/C29H16N4O2/c34-28-17-10-4-5-11-18(17)29(35)23-19(28)14-15-20-25(23)32-33-26(20)27-24(16-8-2-1-3-9-16)30-21-12-6-7-13-22(21)31-27/h1-15H,(H,32,33). The summed E-state index contributed by atoms with van der Waals surface area (Å²) in [7, 11) is 0. The number of hydrogen-bond acceptors (Lipinski definition) is 5. The van der Waals surface area contributed by atoms with Crippen LogP contribution in [-0.4, -0.2) is 31.7 Å². The lowest BCUT2D eigenvalue weighted by atomic mass is 9.83. The van der Waals surface area contributed by atoms with Gasteiger partial charge in [-0.3, -0.25) is 14.7 Å². The average Bonchev–Trinajstić information content (AvgIpc) is 3.35. The van der Waals surface area contributed by atoms with E-state index in [0.717, 1.165) is 16.6 Å². The van der Waals surface area contributed by atoms with Crippen molar-refractivity contribution in [1.82, 2.24) is 20.2 Å². The van der Waals surface area contributed by atoms with Crippen LogP contribution in [-0.2, 0) is 0 Å². The number of fused-ring (bicyclic) bond motifs is 5. The lowest BCUT2D eigenvalue weighted by molar-refractivity contribution is 0.0980. The van der Waals surface area contributed by atoms with Crippen molar-refractivity contribution in [3.8, 4) is 22.6 Å². The molecule has 6 heteroatoms. The Balaban J connectivity index is 1.51. The molecule has 0 spiro atoms. The van der Waals surface area contributed by atoms with Crippen LogP contribution in [0.5, 0.6) is 0 Å². The second kappa shape index (κ2) is 7.27. The monoisotopic (exact) mass is 452 g/mol. The number of para-hydroxylation sites is 2. The van der Waals surface area contributed by atoms with Gasteiger partial charge in [0.15, 0.2) is 11.6 Å². The van der Waals surface area contributed by atoms with Gasteiger partial charge in [0.25, 0.3) is 0 Å². The third-order valence-electron chi connectivity index (χ3n) is 6.47. The number of rotatable bonds is 2. The SMILES string of the molecule is O=C1c2ccccc2C(=O)c2c1ccc1c(-c3nc4ccccc4nc3-c3ccccc3)[nH]nc21. The van der Waals surface area contributed by atoms with E-state index < -0.39 is 0 Å². The summed E-state index contributed by atoms with van der Waals surface area (Å²) < 4.78 is 0. The van der Waals surface area contributed by atoms with Crippen LogP contribution < -0.4 is 0 Å². The number of carbonyl (C=O) groups is 2. The maximum absolute atomic E-state index is 13.4. The first kappa shape index (κ1) is 19.5. The lowest BCUT2D eigenvalue weighted by Crippen LogP contribution is -2.21. The fourth-order valence-corrected chi connectivity index (χ4v) is 4.81. The van der Waals surface area contributed by atoms with Crippen LogP contribution in [0, 0.1) is 0 Å². The second-order valence-electron chi connectivity index (χ2n) is 8.46. The third kappa shape index (κ3) is 2.80. The van der Waals surface area contributed by atoms with E-state index in [4.69, 9.17) is 9.97 Å². The van der Waals surface area contributed by atoms with E-state index in [0.29, 0.717) is 50.2 Å². The number of benzene rings is 4. The highest BCUT2D eigenvalue weighted by molar-refractivity contribution is 6.32. The second-order valence-corrected chi connectivity index (χ2v) is 8.46. The Hall–Kier alpha value is -4.97. The number of carbonyl (C=O) groups excluding carboxylic acids is 2. The predicted octanol–water partition coefficient (Wildman–Crippen LogP) is 5.62. The molecule has 0 saturated carbocycles. The Morgan fingerprint density at radius 1 is 0.571 bits per heavy atom. The molecule has 6 nitrogen and oxygen atoms in total. The van der Waals surface area contributed by atoms with Gasteiger partial charge in [-0.2, -0.15) is 5.10 Å². The zero-order chi connectivity index (χ0) is 23.5. The van der Waals surface area contributed by atoms with E-state index in [-0.39, 0.29) is 11.6 Å². The maximum Gasteiger partial charge on any atom is 0.196 e. The van der Waals surface area contributed by atoms with Crippen molar-refractivity contribution in [1.29, 1.82) is 0 Å². The molecule has 2 heterocycles. The van der Waals surface area contributed by atoms with Gasteiger partial charge in [-0.1, -0.05) is 66.7 Å². The minimum Gasteiger partial charge on any atom is -0.289 e. The number of H-pyrrole nitrogens is 1. The summed E-state index contributed by atoms with van der Waals surface area (Å²) in [4.78, 5) is 36.5. The summed E-state index contributed by atoms with van der Waals surface area (Å²) in [5, 5.41) is 8.33. The smallest absolute Gasteiger partial charge is 0.196 e. The highest BCUT2D eigenvalue weighted by Gasteiger charge is 2.32. The van der Waals surface area contributed by atoms with Crippen molar-refractivity contribution >= 4 is 33.5 Å². The zero-order valence-electron chi connectivity index (χ0n) is 18.3. The molecule has 1 N–H and O–H groups in total. The van der Waals surface area contributed by atoms with Gasteiger partial charge in [0.2, 0.25) is 0 Å². The minimum absolute atomic E-state index is 0.169. The van der Waals surface area contributed by atoms with Crippen LogP contribution in [0.4, 0.5) is 0 Å². The largest absolute Gasteiger partial charge is 0.289 e. The zero-order valence-corrected chi connectivity index (χ0v) is 18.3. The fraction of sp³-hybridized carbons (Fsp3) is 0. The molecular weight excluding hydrogens is 436 g/mol. The number of hydrogen-bond donors (Lipinski definition) is 1. The molecule has 1 aliphatic carbocycles. The first-order valence-corrected chi connectivity index (χ1v) is 11.2. The molecule has 35 heavy (non-hydrogen) atoms. The molecule has 4 aromatic carbocycles. The summed E-state index contributed by atoms with van der Waals surface area (Å²) in [5.41, 5.74) is 6.42. The Morgan fingerprint density at radius 2 is 1.20 bits per heavy atom. The van der Waals surface area contributed by atoms with E-state index in [1.54, 1.807) is 30.3 Å². The molecule has 0 bridgehead atoms. The van der Waals surface area contributed by atoms with Crippen LogP contribution >= 0.6 is 0 Å². The van der Waals surface area contributed by atoms with Gasteiger partial charge < -0.3 is 0 Å². The Labute approximate surface area is 199 Å². The molecule has 0 unspecified atom stereocenters. The summed E-state index contributed by atoms with van der Waals surface area (Å²) in [6.07, 6.45) is 0. The van der Waals surface area contributed by atoms with E-state index in [9.17, 15) is 9.59 Å². The molecular formula is C29H16N4O2. The molecule has 0 atom stereocenters. The molecule has 1 aliphatic rings. The van der Waals surface area contributed by atoms with Crippen LogP contribution in [0.3, 0.4) is 0 Å². The quantitative estimate of drug-likeness (QED) is 0.368. The van der Waals surface area contributed by atoms with E-state index in [1.165, 1.54) is 0 Å². The van der Waals surface area contributed by atoms with Gasteiger partial charge in [0, 0.05) is 27.6 Å². The van der Waals surface area contributed by atoms with Crippen molar-refractivity contribution in [2.45, 2.75) is 0 Å². The van der Waals surface area contributed by atoms with Crippen molar-refractivity contribution < 1.29 is 9.59 Å². The third-order valence-corrected chi connectivity index (χ3v) is 6.47. The first-order valence-electron chi connectivity index (χ1n) is 11.2. The molecule has 2 aromatic heterocycles. The van der Waals surface area contributed by atoms with Gasteiger partial charge in [-0.05, 0) is 24.3 Å². The molecule has 7 rings (SSSR count). The summed E-state index contributed by atoms with van der Waals surface area (Å²) in [5.74, 6) is -0.371. The summed E-state index contributed by atoms with van der Waals surface area (Å²) in [6, 6.07) is 28.0. The van der Waals surface area contributed by atoms with E-state index >= 15 is 0 Å². The van der Waals surface area contributed by atoms with Crippen LogP contribution in [0.15, 0.2) is 91.0 Å². The summed E-state index contributed by atoms with van der Waals surface area (Å²) >= 11 is 0. The van der Waals surface area contributed by atoms with E-state index in [2.05, 4.69) is 10.2 Å². The number of aromatic nitrogens is 4. The van der Waals surface area contributed by atoms with Crippen LogP contribution in [0.25, 0.3) is 44.6 Å². The predicted molar refractivity (Wildman–Crippen MR) is 133 cm³/mol. The lowest BCUT2D eigenvalue weighted by Gasteiger charge is -2.17. The highest BCUT2D eigenvalue weighted by Crippen LogP contribution is 2.37. The molecule has 0 amide bonds. The van der Waals surface area contributed by atoms with Gasteiger partial charge in [0.1, 0.15) is 11.2 Å². The molecule has 0 aliphatic heterocycles. The molecule has 164 valence electrons. The Kier molecular flexibility index (Phi) is 4.05. The van der Waals surface area contributed by atoms with Gasteiger partial charge in [-0.25, -0.2) is 9.97 Å².